The molecule has 3 heteroatoms. The smallest absolute Gasteiger partial charge is 0.162 e. The average molecular weight is 149 g/mol. The van der Waals surface area contributed by atoms with Gasteiger partial charge in [-0.1, -0.05) is 6.92 Å². The molecule has 3 nitrogen and oxygen atoms in total. The van der Waals surface area contributed by atoms with Gasteiger partial charge in [-0.3, -0.25) is 4.68 Å². The third kappa shape index (κ3) is 1.40. The van der Waals surface area contributed by atoms with E-state index in [4.69, 9.17) is 5.26 Å². The van der Waals surface area contributed by atoms with E-state index in [9.17, 15) is 0 Å². The maximum Gasteiger partial charge on any atom is 0.162 e. The standard InChI is InChI=1S/C8H11N3/c1-3-8-5-7(6-9)10-11(8)4-2/h5H,3-4H2,1-2H3. The number of nitriles is 1. The summed E-state index contributed by atoms with van der Waals surface area (Å²) in [5, 5.41) is 12.6. The van der Waals surface area contributed by atoms with Crippen LogP contribution in [0.15, 0.2) is 6.07 Å². The maximum atomic E-state index is 8.54. The van der Waals surface area contributed by atoms with Crippen molar-refractivity contribution in [2.75, 3.05) is 0 Å². The van der Waals surface area contributed by atoms with E-state index in [1.165, 1.54) is 0 Å². The minimum atomic E-state index is 0.517. The second kappa shape index (κ2) is 3.20. The van der Waals surface area contributed by atoms with Crippen molar-refractivity contribution in [2.24, 2.45) is 0 Å². The normalized spacial score (nSPS) is 9.55. The van der Waals surface area contributed by atoms with E-state index in [1.807, 2.05) is 23.7 Å². The number of rotatable bonds is 2. The van der Waals surface area contributed by atoms with Crippen molar-refractivity contribution in [2.45, 2.75) is 26.8 Å². The summed E-state index contributed by atoms with van der Waals surface area (Å²) in [7, 11) is 0. The lowest BCUT2D eigenvalue weighted by Gasteiger charge is -1.98. The van der Waals surface area contributed by atoms with Gasteiger partial charge in [0.15, 0.2) is 5.69 Å². The van der Waals surface area contributed by atoms with Crippen molar-refractivity contribution in [3.8, 4) is 6.07 Å². The fraction of sp³-hybridized carbons (Fsp3) is 0.500. The Hall–Kier alpha value is -1.30. The molecule has 0 unspecified atom stereocenters. The summed E-state index contributed by atoms with van der Waals surface area (Å²) in [5.41, 5.74) is 1.65. The summed E-state index contributed by atoms with van der Waals surface area (Å²) >= 11 is 0. The Balaban J connectivity index is 3.04. The molecule has 0 atom stereocenters. The predicted octanol–water partition coefficient (Wildman–Crippen LogP) is 1.34. The average Bonchev–Trinajstić information content (AvgIpc) is 2.46. The lowest BCUT2D eigenvalue weighted by Crippen LogP contribution is -2.00. The molecule has 1 aromatic rings. The van der Waals surface area contributed by atoms with Crippen LogP contribution in [-0.4, -0.2) is 9.78 Å². The van der Waals surface area contributed by atoms with Crippen molar-refractivity contribution in [3.05, 3.63) is 17.5 Å². The molecule has 11 heavy (non-hydrogen) atoms. The highest BCUT2D eigenvalue weighted by molar-refractivity contribution is 5.22. The second-order valence-electron chi connectivity index (χ2n) is 2.30. The molecule has 0 aliphatic rings. The Morgan fingerprint density at radius 2 is 2.36 bits per heavy atom. The molecular weight excluding hydrogens is 138 g/mol. The van der Waals surface area contributed by atoms with Crippen molar-refractivity contribution in [1.82, 2.24) is 9.78 Å². The molecule has 0 fully saturated rings. The molecule has 0 aliphatic heterocycles. The molecule has 0 radical (unpaired) electrons. The van der Waals surface area contributed by atoms with Gasteiger partial charge in [0, 0.05) is 12.2 Å². The Morgan fingerprint density at radius 1 is 1.64 bits per heavy atom. The summed E-state index contributed by atoms with van der Waals surface area (Å²) in [6, 6.07) is 3.86. The van der Waals surface area contributed by atoms with Crippen LogP contribution in [0.2, 0.25) is 0 Å². The molecule has 1 heterocycles. The van der Waals surface area contributed by atoms with E-state index in [1.54, 1.807) is 0 Å². The molecule has 0 saturated carbocycles. The number of hydrogen-bond acceptors (Lipinski definition) is 2. The SMILES string of the molecule is CCc1cc(C#N)nn1CC. The molecule has 58 valence electrons. The first kappa shape index (κ1) is 7.80. The Bertz CT molecular complexity index is 259. The van der Waals surface area contributed by atoms with Crippen molar-refractivity contribution in [3.63, 3.8) is 0 Å². The van der Waals surface area contributed by atoms with Crippen LogP contribution in [0.25, 0.3) is 0 Å². The first-order valence-electron chi connectivity index (χ1n) is 3.78. The van der Waals surface area contributed by atoms with Crippen LogP contribution in [0.5, 0.6) is 0 Å². The van der Waals surface area contributed by atoms with Gasteiger partial charge in [-0.15, -0.1) is 0 Å². The molecule has 0 amide bonds. The fourth-order valence-corrected chi connectivity index (χ4v) is 1.07. The summed E-state index contributed by atoms with van der Waals surface area (Å²) < 4.78 is 1.86. The van der Waals surface area contributed by atoms with Crippen LogP contribution in [0.4, 0.5) is 0 Å². The quantitative estimate of drug-likeness (QED) is 0.636. The minimum absolute atomic E-state index is 0.517. The summed E-state index contributed by atoms with van der Waals surface area (Å²) in [6.45, 7) is 4.92. The second-order valence-corrected chi connectivity index (χ2v) is 2.30. The summed E-state index contributed by atoms with van der Waals surface area (Å²) in [6.07, 6.45) is 0.933. The summed E-state index contributed by atoms with van der Waals surface area (Å²) in [5.74, 6) is 0. The number of hydrogen-bond donors (Lipinski definition) is 0. The topological polar surface area (TPSA) is 41.6 Å². The van der Waals surface area contributed by atoms with E-state index in [0.29, 0.717) is 5.69 Å². The molecular formula is C8H11N3. The zero-order valence-corrected chi connectivity index (χ0v) is 6.83. The van der Waals surface area contributed by atoms with Crippen molar-refractivity contribution >= 4 is 0 Å². The monoisotopic (exact) mass is 149 g/mol. The first-order chi connectivity index (χ1) is 5.31. The van der Waals surface area contributed by atoms with E-state index in [2.05, 4.69) is 12.0 Å². The van der Waals surface area contributed by atoms with Crippen LogP contribution in [0.1, 0.15) is 25.2 Å². The van der Waals surface area contributed by atoms with Gasteiger partial charge in [-0.25, -0.2) is 0 Å². The van der Waals surface area contributed by atoms with Crippen molar-refractivity contribution < 1.29 is 0 Å². The minimum Gasteiger partial charge on any atom is -0.269 e. The van der Waals surface area contributed by atoms with E-state index >= 15 is 0 Å². The van der Waals surface area contributed by atoms with Crippen LogP contribution in [0, 0.1) is 11.3 Å². The summed E-state index contributed by atoms with van der Waals surface area (Å²) in [4.78, 5) is 0. The van der Waals surface area contributed by atoms with E-state index in [0.717, 1.165) is 18.7 Å². The zero-order chi connectivity index (χ0) is 8.27. The molecule has 0 spiro atoms. The molecule has 1 rings (SSSR count). The molecule has 1 aromatic heterocycles. The lowest BCUT2D eigenvalue weighted by atomic mass is 10.3. The van der Waals surface area contributed by atoms with Crippen LogP contribution < -0.4 is 0 Å². The van der Waals surface area contributed by atoms with E-state index < -0.39 is 0 Å². The van der Waals surface area contributed by atoms with Gasteiger partial charge in [-0.2, -0.15) is 10.4 Å². The lowest BCUT2D eigenvalue weighted by molar-refractivity contribution is 0.624. The van der Waals surface area contributed by atoms with Crippen LogP contribution >= 0.6 is 0 Å². The fourth-order valence-electron chi connectivity index (χ4n) is 1.07. The highest BCUT2D eigenvalue weighted by Crippen LogP contribution is 2.03. The highest BCUT2D eigenvalue weighted by atomic mass is 15.3. The van der Waals surface area contributed by atoms with Gasteiger partial charge in [-0.05, 0) is 19.4 Å². The van der Waals surface area contributed by atoms with Gasteiger partial charge >= 0.3 is 0 Å². The van der Waals surface area contributed by atoms with Gasteiger partial charge < -0.3 is 0 Å². The Kier molecular flexibility index (Phi) is 2.27. The number of aromatic nitrogens is 2. The molecule has 0 aliphatic carbocycles. The first-order valence-corrected chi connectivity index (χ1v) is 3.78. The van der Waals surface area contributed by atoms with Gasteiger partial charge in [0.05, 0.1) is 0 Å². The number of nitrogens with zero attached hydrogens (tertiary/aromatic N) is 3. The van der Waals surface area contributed by atoms with Gasteiger partial charge in [0.2, 0.25) is 0 Å². The third-order valence-electron chi connectivity index (χ3n) is 1.64. The highest BCUT2D eigenvalue weighted by Gasteiger charge is 2.02. The van der Waals surface area contributed by atoms with Crippen LogP contribution in [-0.2, 0) is 13.0 Å². The van der Waals surface area contributed by atoms with E-state index in [-0.39, 0.29) is 0 Å². The van der Waals surface area contributed by atoms with Crippen molar-refractivity contribution in [1.29, 1.82) is 5.26 Å². The zero-order valence-electron chi connectivity index (χ0n) is 6.83. The number of aryl methyl sites for hydroxylation is 2. The Labute approximate surface area is 66.3 Å². The van der Waals surface area contributed by atoms with Gasteiger partial charge in [0.25, 0.3) is 0 Å². The molecule has 0 aromatic carbocycles. The van der Waals surface area contributed by atoms with Crippen LogP contribution in [0.3, 0.4) is 0 Å². The Morgan fingerprint density at radius 3 is 2.73 bits per heavy atom. The third-order valence-corrected chi connectivity index (χ3v) is 1.64. The van der Waals surface area contributed by atoms with Gasteiger partial charge in [0.1, 0.15) is 6.07 Å². The molecule has 0 saturated heterocycles. The predicted molar refractivity (Wildman–Crippen MR) is 42.0 cm³/mol. The molecule has 0 bridgehead atoms. The maximum absolute atomic E-state index is 8.54. The molecule has 0 N–H and O–H groups in total. The largest absolute Gasteiger partial charge is 0.269 e.